The van der Waals surface area contributed by atoms with Crippen molar-refractivity contribution in [2.24, 2.45) is 0 Å². The fourth-order valence-electron chi connectivity index (χ4n) is 3.88. The van der Waals surface area contributed by atoms with Gasteiger partial charge in [-0.2, -0.15) is 0 Å². The summed E-state index contributed by atoms with van der Waals surface area (Å²) in [4.78, 5) is 25.6. The molecule has 1 saturated carbocycles. The second kappa shape index (κ2) is 8.35. The van der Waals surface area contributed by atoms with E-state index in [1.54, 1.807) is 12.1 Å². The molecule has 29 heavy (non-hydrogen) atoms. The van der Waals surface area contributed by atoms with Gasteiger partial charge in [0.25, 0.3) is 5.91 Å². The predicted octanol–water partition coefficient (Wildman–Crippen LogP) is 3.99. The maximum absolute atomic E-state index is 13.1. The van der Waals surface area contributed by atoms with E-state index in [9.17, 15) is 9.59 Å². The zero-order valence-electron chi connectivity index (χ0n) is 16.1. The topological polar surface area (TPSA) is 71.3 Å². The number of carbonyl (C=O) groups excluding carboxylic acids is 2. The number of rotatable bonds is 7. The molecule has 0 saturated heterocycles. The molecule has 1 aromatic heterocycles. The third-order valence-electron chi connectivity index (χ3n) is 5.71. The molecule has 0 radical (unpaired) electrons. The first-order valence-electron chi connectivity index (χ1n) is 9.91. The average molecular weight is 388 g/mol. The highest BCUT2D eigenvalue weighted by atomic mass is 16.3. The van der Waals surface area contributed by atoms with E-state index in [-0.39, 0.29) is 17.1 Å². The fourth-order valence-corrected chi connectivity index (χ4v) is 3.88. The Morgan fingerprint density at radius 1 is 0.931 bits per heavy atom. The van der Waals surface area contributed by atoms with Crippen molar-refractivity contribution in [3.8, 4) is 0 Å². The molecule has 2 aromatic carbocycles. The second-order valence-corrected chi connectivity index (χ2v) is 7.51. The number of benzene rings is 2. The van der Waals surface area contributed by atoms with Crippen LogP contribution in [0.15, 0.2) is 83.5 Å². The minimum Gasteiger partial charge on any atom is -0.459 e. The van der Waals surface area contributed by atoms with Gasteiger partial charge in [0.15, 0.2) is 5.76 Å². The summed E-state index contributed by atoms with van der Waals surface area (Å²) in [5.74, 6) is -0.461. The number of hydrogen-bond acceptors (Lipinski definition) is 3. The molecule has 0 spiro atoms. The van der Waals surface area contributed by atoms with E-state index < -0.39 is 11.9 Å². The normalized spacial score (nSPS) is 15.7. The van der Waals surface area contributed by atoms with Gasteiger partial charge in [-0.3, -0.25) is 9.59 Å². The Morgan fingerprint density at radius 2 is 1.62 bits per heavy atom. The maximum atomic E-state index is 13.1. The monoisotopic (exact) mass is 388 g/mol. The molecule has 1 aliphatic carbocycles. The van der Waals surface area contributed by atoms with E-state index in [4.69, 9.17) is 4.42 Å². The van der Waals surface area contributed by atoms with Crippen LogP contribution in [0, 0.1) is 0 Å². The van der Waals surface area contributed by atoms with Gasteiger partial charge in [-0.1, -0.05) is 67.1 Å². The summed E-state index contributed by atoms with van der Waals surface area (Å²) in [6.45, 7) is 0.551. The predicted molar refractivity (Wildman–Crippen MR) is 110 cm³/mol. The van der Waals surface area contributed by atoms with Gasteiger partial charge in [0.2, 0.25) is 5.91 Å². The van der Waals surface area contributed by atoms with Gasteiger partial charge in [-0.15, -0.1) is 0 Å². The summed E-state index contributed by atoms with van der Waals surface area (Å²) in [6.07, 6.45) is 4.69. The highest BCUT2D eigenvalue weighted by molar-refractivity contribution is 5.95. The lowest BCUT2D eigenvalue weighted by Gasteiger charge is -2.43. The Kier molecular flexibility index (Phi) is 5.47. The van der Waals surface area contributed by atoms with E-state index in [2.05, 4.69) is 22.8 Å². The van der Waals surface area contributed by atoms with Gasteiger partial charge in [-0.25, -0.2) is 0 Å². The van der Waals surface area contributed by atoms with Crippen molar-refractivity contribution in [1.29, 1.82) is 0 Å². The molecule has 4 rings (SSSR count). The summed E-state index contributed by atoms with van der Waals surface area (Å²) < 4.78 is 5.17. The van der Waals surface area contributed by atoms with Gasteiger partial charge in [-0.05, 0) is 36.1 Å². The van der Waals surface area contributed by atoms with Crippen molar-refractivity contribution >= 4 is 11.8 Å². The maximum Gasteiger partial charge on any atom is 0.287 e. The van der Waals surface area contributed by atoms with Gasteiger partial charge >= 0.3 is 0 Å². The van der Waals surface area contributed by atoms with Crippen LogP contribution in [0.5, 0.6) is 0 Å². The lowest BCUT2D eigenvalue weighted by atomic mass is 9.64. The SMILES string of the molecule is O=C(NC(C(=O)NCC1(c2ccccc2)CCC1)c1ccccc1)c1ccco1. The van der Waals surface area contributed by atoms with Gasteiger partial charge < -0.3 is 15.1 Å². The van der Waals surface area contributed by atoms with Crippen molar-refractivity contribution in [3.63, 3.8) is 0 Å². The number of hydrogen-bond donors (Lipinski definition) is 2. The quantitative estimate of drug-likeness (QED) is 0.643. The van der Waals surface area contributed by atoms with Crippen LogP contribution in [-0.4, -0.2) is 18.4 Å². The Morgan fingerprint density at radius 3 is 2.21 bits per heavy atom. The second-order valence-electron chi connectivity index (χ2n) is 7.51. The molecular weight excluding hydrogens is 364 g/mol. The van der Waals surface area contributed by atoms with Gasteiger partial charge in [0.1, 0.15) is 6.04 Å². The van der Waals surface area contributed by atoms with Crippen molar-refractivity contribution in [2.75, 3.05) is 6.54 Å². The van der Waals surface area contributed by atoms with E-state index >= 15 is 0 Å². The van der Waals surface area contributed by atoms with Crippen molar-refractivity contribution in [2.45, 2.75) is 30.7 Å². The third kappa shape index (κ3) is 4.09. The van der Waals surface area contributed by atoms with E-state index in [0.717, 1.165) is 24.8 Å². The molecule has 1 heterocycles. The zero-order valence-corrected chi connectivity index (χ0v) is 16.1. The van der Waals surface area contributed by atoms with Crippen LogP contribution >= 0.6 is 0 Å². The van der Waals surface area contributed by atoms with E-state index in [0.29, 0.717) is 6.54 Å². The first kappa shape index (κ1) is 19.0. The highest BCUT2D eigenvalue weighted by Crippen LogP contribution is 2.43. The molecule has 0 aliphatic heterocycles. The van der Waals surface area contributed by atoms with E-state index in [1.165, 1.54) is 11.8 Å². The summed E-state index contributed by atoms with van der Waals surface area (Å²) in [7, 11) is 0. The fraction of sp³-hybridized carbons (Fsp3) is 0.250. The van der Waals surface area contributed by atoms with Crippen LogP contribution in [-0.2, 0) is 10.2 Å². The molecule has 1 fully saturated rings. The van der Waals surface area contributed by atoms with Crippen molar-refractivity contribution < 1.29 is 14.0 Å². The van der Waals surface area contributed by atoms with Crippen molar-refractivity contribution in [3.05, 3.63) is 95.9 Å². The lowest BCUT2D eigenvalue weighted by Crippen LogP contribution is -2.48. The lowest BCUT2D eigenvalue weighted by molar-refractivity contribution is -0.123. The van der Waals surface area contributed by atoms with Gasteiger partial charge in [0, 0.05) is 12.0 Å². The molecule has 2 N–H and O–H groups in total. The molecule has 1 unspecified atom stereocenters. The number of carbonyl (C=O) groups is 2. The molecule has 2 amide bonds. The number of amides is 2. The van der Waals surface area contributed by atoms with Crippen LogP contribution in [0.4, 0.5) is 0 Å². The van der Waals surface area contributed by atoms with Crippen LogP contribution in [0.3, 0.4) is 0 Å². The Bertz CT molecular complexity index is 948. The van der Waals surface area contributed by atoms with E-state index in [1.807, 2.05) is 48.5 Å². The zero-order chi connectivity index (χ0) is 20.1. The van der Waals surface area contributed by atoms with Crippen LogP contribution in [0.25, 0.3) is 0 Å². The van der Waals surface area contributed by atoms with Crippen molar-refractivity contribution in [1.82, 2.24) is 10.6 Å². The average Bonchev–Trinajstić information content (AvgIpc) is 3.27. The molecule has 5 nitrogen and oxygen atoms in total. The summed E-state index contributed by atoms with van der Waals surface area (Å²) in [6, 6.07) is 22.0. The smallest absolute Gasteiger partial charge is 0.287 e. The number of nitrogens with one attached hydrogen (secondary N) is 2. The Balaban J connectivity index is 1.50. The summed E-state index contributed by atoms with van der Waals surface area (Å²) in [5.41, 5.74) is 1.96. The minimum absolute atomic E-state index is 0.0246. The Hall–Kier alpha value is -3.34. The molecular formula is C24H24N2O3. The first-order valence-corrected chi connectivity index (χ1v) is 9.91. The Labute approximate surface area is 170 Å². The largest absolute Gasteiger partial charge is 0.459 e. The molecule has 5 heteroatoms. The molecule has 148 valence electrons. The molecule has 1 aliphatic rings. The highest BCUT2D eigenvalue weighted by Gasteiger charge is 2.39. The molecule has 3 aromatic rings. The van der Waals surface area contributed by atoms with Crippen LogP contribution < -0.4 is 10.6 Å². The molecule has 1 atom stereocenters. The van der Waals surface area contributed by atoms with Crippen LogP contribution in [0.1, 0.15) is 47.0 Å². The molecule has 0 bridgehead atoms. The minimum atomic E-state index is -0.790. The van der Waals surface area contributed by atoms with Gasteiger partial charge in [0.05, 0.1) is 6.26 Å². The first-order chi connectivity index (χ1) is 14.2. The standard InChI is InChI=1S/C24H24N2O3/c27-22(20-13-7-16-29-20)26-21(18-9-3-1-4-10-18)23(28)25-17-24(14-8-15-24)19-11-5-2-6-12-19/h1-7,9-13,16,21H,8,14-15,17H2,(H,25,28)(H,26,27). The third-order valence-corrected chi connectivity index (χ3v) is 5.71. The van der Waals surface area contributed by atoms with Crippen LogP contribution in [0.2, 0.25) is 0 Å². The summed E-state index contributed by atoms with van der Waals surface area (Å²) >= 11 is 0. The summed E-state index contributed by atoms with van der Waals surface area (Å²) in [5, 5.41) is 5.89. The number of furan rings is 1.